The summed E-state index contributed by atoms with van der Waals surface area (Å²) in [4.78, 5) is 13.5. The normalized spacial score (nSPS) is 19.6. The molecule has 1 aromatic rings. The number of alkyl halides is 3. The number of urea groups is 1. The molecule has 2 rings (SSSR count). The van der Waals surface area contributed by atoms with Gasteiger partial charge in [0.05, 0.1) is 10.9 Å². The predicted octanol–water partition coefficient (Wildman–Crippen LogP) is 3.63. The van der Waals surface area contributed by atoms with Gasteiger partial charge in [-0.1, -0.05) is 6.07 Å². The zero-order valence-corrected chi connectivity index (χ0v) is 11.0. The van der Waals surface area contributed by atoms with Crippen LogP contribution in [-0.4, -0.2) is 28.6 Å². The van der Waals surface area contributed by atoms with Crippen molar-refractivity contribution in [3.05, 3.63) is 29.8 Å². The highest BCUT2D eigenvalue weighted by atomic mass is 32.2. The monoisotopic (exact) mass is 290 g/mol. The minimum atomic E-state index is -4.41. The molecular formula is C12H13F3N2OS. The maximum atomic E-state index is 12.5. The van der Waals surface area contributed by atoms with Gasteiger partial charge in [-0.25, -0.2) is 4.79 Å². The molecule has 1 aliphatic rings. The molecule has 1 atom stereocenters. The molecule has 0 aromatic heterocycles. The molecule has 1 unspecified atom stereocenters. The van der Waals surface area contributed by atoms with Crippen LogP contribution in [0.1, 0.15) is 12.5 Å². The number of thioether (sulfide) groups is 1. The molecule has 1 heterocycles. The van der Waals surface area contributed by atoms with Crippen LogP contribution in [0, 0.1) is 0 Å². The van der Waals surface area contributed by atoms with Crippen LogP contribution in [0.25, 0.3) is 0 Å². The Labute approximate surface area is 113 Å². The summed E-state index contributed by atoms with van der Waals surface area (Å²) in [5.74, 6) is 0.844. The topological polar surface area (TPSA) is 32.3 Å². The van der Waals surface area contributed by atoms with E-state index in [1.54, 1.807) is 16.7 Å². The number of anilines is 1. The second-order valence-electron chi connectivity index (χ2n) is 4.17. The first-order valence-electron chi connectivity index (χ1n) is 5.74. The van der Waals surface area contributed by atoms with Crippen molar-refractivity contribution < 1.29 is 18.0 Å². The molecule has 1 saturated heterocycles. The number of nitrogens with one attached hydrogen (secondary N) is 1. The zero-order valence-electron chi connectivity index (χ0n) is 10.2. The average molecular weight is 290 g/mol. The Morgan fingerprint density at radius 1 is 1.47 bits per heavy atom. The third-order valence-corrected chi connectivity index (χ3v) is 3.99. The lowest BCUT2D eigenvalue weighted by atomic mass is 10.2. The number of hydrogen-bond donors (Lipinski definition) is 1. The molecule has 0 radical (unpaired) electrons. The van der Waals surface area contributed by atoms with Gasteiger partial charge in [0.1, 0.15) is 0 Å². The lowest BCUT2D eigenvalue weighted by molar-refractivity contribution is -0.137. The molecule has 1 N–H and O–H groups in total. The van der Waals surface area contributed by atoms with Crippen molar-refractivity contribution >= 4 is 23.5 Å². The number of hydrogen-bond acceptors (Lipinski definition) is 2. The molecule has 3 nitrogen and oxygen atoms in total. The standard InChI is InChI=1S/C12H13F3N2OS/c1-8-17(5-6-19-8)11(18)16-10-4-2-3-9(7-10)12(13,14)15/h2-4,7-8H,5-6H2,1H3,(H,16,18). The minimum absolute atomic E-state index is 0.0470. The second-order valence-corrected chi connectivity index (χ2v) is 5.60. The maximum absolute atomic E-state index is 12.5. The Kier molecular flexibility index (Phi) is 3.93. The van der Waals surface area contributed by atoms with E-state index in [4.69, 9.17) is 0 Å². The van der Waals surface area contributed by atoms with Gasteiger partial charge in [-0.05, 0) is 25.1 Å². The summed E-state index contributed by atoms with van der Waals surface area (Å²) >= 11 is 1.64. The van der Waals surface area contributed by atoms with Gasteiger partial charge in [0.15, 0.2) is 0 Å². The van der Waals surface area contributed by atoms with Crippen LogP contribution >= 0.6 is 11.8 Å². The molecule has 1 aromatic carbocycles. The largest absolute Gasteiger partial charge is 0.416 e. The number of halogens is 3. The first-order valence-corrected chi connectivity index (χ1v) is 6.79. The van der Waals surface area contributed by atoms with E-state index < -0.39 is 11.7 Å². The number of carbonyl (C=O) groups excluding carboxylic acids is 1. The van der Waals surface area contributed by atoms with Gasteiger partial charge in [-0.3, -0.25) is 0 Å². The summed E-state index contributed by atoms with van der Waals surface area (Å²) in [6.07, 6.45) is -4.41. The number of carbonyl (C=O) groups is 1. The van der Waals surface area contributed by atoms with Crippen molar-refractivity contribution in [2.45, 2.75) is 18.5 Å². The summed E-state index contributed by atoms with van der Waals surface area (Å²) in [5.41, 5.74) is -0.613. The van der Waals surface area contributed by atoms with Crippen LogP contribution in [0.15, 0.2) is 24.3 Å². The lowest BCUT2D eigenvalue weighted by Crippen LogP contribution is -2.36. The van der Waals surface area contributed by atoms with E-state index in [2.05, 4.69) is 5.32 Å². The Hall–Kier alpha value is -1.37. The molecule has 1 fully saturated rings. The minimum Gasteiger partial charge on any atom is -0.312 e. The summed E-state index contributed by atoms with van der Waals surface area (Å²) in [6.45, 7) is 2.50. The molecule has 104 valence electrons. The fraction of sp³-hybridized carbons (Fsp3) is 0.417. The Morgan fingerprint density at radius 3 is 2.79 bits per heavy atom. The first-order chi connectivity index (χ1) is 8.88. The third-order valence-electron chi connectivity index (χ3n) is 2.83. The highest BCUT2D eigenvalue weighted by Crippen LogP contribution is 2.31. The van der Waals surface area contributed by atoms with Crippen LogP contribution in [0.2, 0.25) is 0 Å². The van der Waals surface area contributed by atoms with E-state index in [1.807, 2.05) is 6.92 Å². The van der Waals surface area contributed by atoms with Crippen molar-refractivity contribution in [2.75, 3.05) is 17.6 Å². The van der Waals surface area contributed by atoms with Gasteiger partial charge < -0.3 is 10.2 Å². The molecule has 0 spiro atoms. The molecule has 19 heavy (non-hydrogen) atoms. The summed E-state index contributed by atoms with van der Waals surface area (Å²) < 4.78 is 37.6. The first kappa shape index (κ1) is 14.0. The van der Waals surface area contributed by atoms with Crippen LogP contribution in [0.4, 0.5) is 23.7 Å². The second kappa shape index (κ2) is 5.32. The van der Waals surface area contributed by atoms with Crippen LogP contribution in [-0.2, 0) is 6.18 Å². The lowest BCUT2D eigenvalue weighted by Gasteiger charge is -2.21. The van der Waals surface area contributed by atoms with Gasteiger partial charge in [-0.15, -0.1) is 11.8 Å². The smallest absolute Gasteiger partial charge is 0.312 e. The van der Waals surface area contributed by atoms with E-state index in [0.717, 1.165) is 17.9 Å². The number of amides is 2. The van der Waals surface area contributed by atoms with Crippen molar-refractivity contribution in [1.29, 1.82) is 0 Å². The molecular weight excluding hydrogens is 277 g/mol. The highest BCUT2D eigenvalue weighted by Gasteiger charge is 2.31. The van der Waals surface area contributed by atoms with Crippen LogP contribution in [0.5, 0.6) is 0 Å². The summed E-state index contributed by atoms with van der Waals surface area (Å²) in [6, 6.07) is 4.27. The number of nitrogens with zero attached hydrogens (tertiary/aromatic N) is 1. The average Bonchev–Trinajstić information content (AvgIpc) is 2.75. The molecule has 0 bridgehead atoms. The van der Waals surface area contributed by atoms with Crippen molar-refractivity contribution in [3.8, 4) is 0 Å². The van der Waals surface area contributed by atoms with Crippen molar-refractivity contribution in [3.63, 3.8) is 0 Å². The van der Waals surface area contributed by atoms with Gasteiger partial charge in [-0.2, -0.15) is 13.2 Å². The molecule has 0 saturated carbocycles. The summed E-state index contributed by atoms with van der Waals surface area (Å²) in [5, 5.41) is 2.55. The SMILES string of the molecule is CC1SCCN1C(=O)Nc1cccc(C(F)(F)F)c1. The van der Waals surface area contributed by atoms with Gasteiger partial charge in [0.25, 0.3) is 0 Å². The Bertz CT molecular complexity index is 478. The Morgan fingerprint density at radius 2 is 2.21 bits per heavy atom. The molecule has 0 aliphatic carbocycles. The van der Waals surface area contributed by atoms with Crippen molar-refractivity contribution in [1.82, 2.24) is 4.90 Å². The highest BCUT2D eigenvalue weighted by molar-refractivity contribution is 8.00. The van der Waals surface area contributed by atoms with E-state index >= 15 is 0 Å². The fourth-order valence-electron chi connectivity index (χ4n) is 1.83. The molecule has 7 heteroatoms. The number of rotatable bonds is 1. The predicted molar refractivity (Wildman–Crippen MR) is 69.1 cm³/mol. The molecule has 1 aliphatic heterocycles. The van der Waals surface area contributed by atoms with Crippen LogP contribution < -0.4 is 5.32 Å². The van der Waals surface area contributed by atoms with E-state index in [1.165, 1.54) is 12.1 Å². The van der Waals surface area contributed by atoms with Crippen molar-refractivity contribution in [2.24, 2.45) is 0 Å². The van der Waals surface area contributed by atoms with E-state index in [-0.39, 0.29) is 17.1 Å². The van der Waals surface area contributed by atoms with Gasteiger partial charge in [0.2, 0.25) is 0 Å². The van der Waals surface area contributed by atoms with Gasteiger partial charge >= 0.3 is 12.2 Å². The quantitative estimate of drug-likeness (QED) is 0.856. The Balaban J connectivity index is 2.09. The van der Waals surface area contributed by atoms with Gasteiger partial charge in [0, 0.05) is 18.0 Å². The fourth-order valence-corrected chi connectivity index (χ4v) is 2.85. The maximum Gasteiger partial charge on any atom is 0.416 e. The zero-order chi connectivity index (χ0) is 14.0. The third kappa shape index (κ3) is 3.34. The van der Waals surface area contributed by atoms with Crippen LogP contribution in [0.3, 0.4) is 0 Å². The number of benzene rings is 1. The van der Waals surface area contributed by atoms with E-state index in [9.17, 15) is 18.0 Å². The van der Waals surface area contributed by atoms with E-state index in [0.29, 0.717) is 6.54 Å². The summed E-state index contributed by atoms with van der Waals surface area (Å²) in [7, 11) is 0. The molecule has 2 amide bonds.